The van der Waals surface area contributed by atoms with Gasteiger partial charge in [0.05, 0.1) is 12.4 Å². The van der Waals surface area contributed by atoms with E-state index in [-0.39, 0.29) is 0 Å². The van der Waals surface area contributed by atoms with Crippen LogP contribution in [0.4, 0.5) is 0 Å². The molecule has 0 unspecified atom stereocenters. The van der Waals surface area contributed by atoms with Gasteiger partial charge in [0.25, 0.3) is 0 Å². The molecule has 0 saturated heterocycles. The van der Waals surface area contributed by atoms with Gasteiger partial charge < -0.3 is 4.74 Å². The molecule has 0 bridgehead atoms. The minimum atomic E-state index is 0.649. The molecular formula is C10H15ClO. The lowest BCUT2D eigenvalue weighted by molar-refractivity contribution is 0.215. The Morgan fingerprint density at radius 3 is 2.83 bits per heavy atom. The maximum Gasteiger partial charge on any atom is 0.0928 e. The zero-order valence-corrected chi connectivity index (χ0v) is 8.18. The average molecular weight is 187 g/mol. The van der Waals surface area contributed by atoms with Crippen LogP contribution in [0.25, 0.3) is 0 Å². The summed E-state index contributed by atoms with van der Waals surface area (Å²) in [6.07, 6.45) is 8.26. The molecule has 0 rings (SSSR count). The molecule has 0 radical (unpaired) electrons. The topological polar surface area (TPSA) is 9.23 Å². The molecule has 0 aromatic heterocycles. The SMILES string of the molecule is C=C/C=C\C=C(/C)OCCCCl. The molecule has 68 valence electrons. The summed E-state index contributed by atoms with van der Waals surface area (Å²) in [5.74, 6) is 1.55. The van der Waals surface area contributed by atoms with Crippen LogP contribution in [0.3, 0.4) is 0 Å². The Morgan fingerprint density at radius 2 is 2.25 bits per heavy atom. The van der Waals surface area contributed by atoms with Gasteiger partial charge in [-0.15, -0.1) is 11.6 Å². The Kier molecular flexibility index (Phi) is 7.92. The second kappa shape index (κ2) is 8.41. The Morgan fingerprint density at radius 1 is 1.50 bits per heavy atom. The third-order valence-corrected chi connectivity index (χ3v) is 1.45. The number of halogens is 1. The van der Waals surface area contributed by atoms with Crippen molar-refractivity contribution in [2.75, 3.05) is 12.5 Å². The van der Waals surface area contributed by atoms with E-state index in [2.05, 4.69) is 6.58 Å². The lowest BCUT2D eigenvalue weighted by Gasteiger charge is -2.02. The Bertz CT molecular complexity index is 171. The van der Waals surface area contributed by atoms with Crippen molar-refractivity contribution in [2.45, 2.75) is 13.3 Å². The van der Waals surface area contributed by atoms with Crippen LogP contribution in [0.2, 0.25) is 0 Å². The minimum Gasteiger partial charge on any atom is -0.498 e. The van der Waals surface area contributed by atoms with Crippen molar-refractivity contribution in [3.63, 3.8) is 0 Å². The number of alkyl halides is 1. The van der Waals surface area contributed by atoms with Gasteiger partial charge in [-0.25, -0.2) is 0 Å². The van der Waals surface area contributed by atoms with Gasteiger partial charge in [0.1, 0.15) is 0 Å². The fraction of sp³-hybridized carbons (Fsp3) is 0.400. The first-order valence-corrected chi connectivity index (χ1v) is 4.49. The standard InChI is InChI=1S/C10H15ClO/c1-3-4-5-7-10(2)12-9-6-8-11/h3-5,7H,1,6,8-9H2,2H3/b5-4-,10-7+. The minimum absolute atomic E-state index is 0.649. The molecule has 0 spiro atoms. The third kappa shape index (κ3) is 7.42. The zero-order chi connectivity index (χ0) is 9.23. The smallest absolute Gasteiger partial charge is 0.0928 e. The molecule has 0 aliphatic rings. The molecule has 0 fully saturated rings. The lowest BCUT2D eigenvalue weighted by Crippen LogP contribution is -1.92. The van der Waals surface area contributed by atoms with Crippen LogP contribution >= 0.6 is 11.6 Å². The molecule has 0 saturated carbocycles. The average Bonchev–Trinajstić information content (AvgIpc) is 2.06. The number of allylic oxidation sites excluding steroid dienone is 5. The quantitative estimate of drug-likeness (QED) is 0.268. The van der Waals surface area contributed by atoms with Gasteiger partial charge in [-0.05, 0) is 19.4 Å². The highest BCUT2D eigenvalue weighted by atomic mass is 35.5. The van der Waals surface area contributed by atoms with Gasteiger partial charge in [0, 0.05) is 5.88 Å². The van der Waals surface area contributed by atoms with Crippen molar-refractivity contribution in [1.29, 1.82) is 0 Å². The van der Waals surface area contributed by atoms with Crippen molar-refractivity contribution in [1.82, 2.24) is 0 Å². The first-order chi connectivity index (χ1) is 5.81. The van der Waals surface area contributed by atoms with Crippen LogP contribution in [-0.4, -0.2) is 12.5 Å². The van der Waals surface area contributed by atoms with Crippen molar-refractivity contribution in [3.8, 4) is 0 Å². The van der Waals surface area contributed by atoms with Gasteiger partial charge in [-0.2, -0.15) is 0 Å². The van der Waals surface area contributed by atoms with Crippen LogP contribution in [-0.2, 0) is 4.74 Å². The fourth-order valence-corrected chi connectivity index (χ4v) is 0.715. The molecule has 0 heterocycles. The van der Waals surface area contributed by atoms with E-state index in [0.29, 0.717) is 12.5 Å². The van der Waals surface area contributed by atoms with Crippen molar-refractivity contribution in [2.24, 2.45) is 0 Å². The first-order valence-electron chi connectivity index (χ1n) is 3.96. The monoisotopic (exact) mass is 186 g/mol. The van der Waals surface area contributed by atoms with Crippen LogP contribution in [0.15, 0.2) is 36.6 Å². The molecule has 0 N–H and O–H groups in total. The summed E-state index contributed by atoms with van der Waals surface area (Å²) in [5, 5.41) is 0. The second-order valence-electron chi connectivity index (χ2n) is 2.29. The maximum absolute atomic E-state index is 5.49. The van der Waals surface area contributed by atoms with Gasteiger partial charge >= 0.3 is 0 Å². The van der Waals surface area contributed by atoms with Crippen LogP contribution in [0.5, 0.6) is 0 Å². The van der Waals surface area contributed by atoms with Crippen LogP contribution in [0.1, 0.15) is 13.3 Å². The van der Waals surface area contributed by atoms with E-state index in [1.807, 2.05) is 25.2 Å². The maximum atomic E-state index is 5.49. The summed E-state index contributed by atoms with van der Waals surface area (Å²) in [7, 11) is 0. The van der Waals surface area contributed by atoms with Gasteiger partial charge in [0.2, 0.25) is 0 Å². The molecule has 0 aliphatic carbocycles. The van der Waals surface area contributed by atoms with Crippen molar-refractivity contribution < 1.29 is 4.74 Å². The summed E-state index contributed by atoms with van der Waals surface area (Å²) >= 11 is 5.49. The van der Waals surface area contributed by atoms with E-state index in [4.69, 9.17) is 16.3 Å². The van der Waals surface area contributed by atoms with Gasteiger partial charge in [0.15, 0.2) is 0 Å². The highest BCUT2D eigenvalue weighted by Crippen LogP contribution is 1.97. The van der Waals surface area contributed by atoms with E-state index in [9.17, 15) is 0 Å². The van der Waals surface area contributed by atoms with Crippen LogP contribution < -0.4 is 0 Å². The first kappa shape index (κ1) is 11.3. The number of rotatable bonds is 6. The third-order valence-electron chi connectivity index (χ3n) is 1.19. The van der Waals surface area contributed by atoms with Crippen molar-refractivity contribution >= 4 is 11.6 Å². The van der Waals surface area contributed by atoms with E-state index in [0.717, 1.165) is 12.2 Å². The lowest BCUT2D eigenvalue weighted by atomic mass is 10.4. The predicted octanol–water partition coefficient (Wildman–Crippen LogP) is 3.28. The molecule has 0 aromatic carbocycles. The van der Waals surface area contributed by atoms with Crippen LogP contribution in [0, 0.1) is 0 Å². The summed E-state index contributed by atoms with van der Waals surface area (Å²) in [4.78, 5) is 0. The molecule has 0 atom stereocenters. The Hall–Kier alpha value is -0.690. The molecular weight excluding hydrogens is 172 g/mol. The number of hydrogen-bond donors (Lipinski definition) is 0. The predicted molar refractivity (Wildman–Crippen MR) is 54.4 cm³/mol. The van der Waals surface area contributed by atoms with Gasteiger partial charge in [-0.1, -0.05) is 24.8 Å². The van der Waals surface area contributed by atoms with E-state index >= 15 is 0 Å². The van der Waals surface area contributed by atoms with E-state index < -0.39 is 0 Å². The summed E-state index contributed by atoms with van der Waals surface area (Å²) in [6, 6.07) is 0. The van der Waals surface area contributed by atoms with E-state index in [1.54, 1.807) is 6.08 Å². The normalized spacial score (nSPS) is 12.0. The summed E-state index contributed by atoms with van der Waals surface area (Å²) < 4.78 is 5.32. The fourth-order valence-electron chi connectivity index (χ4n) is 0.605. The summed E-state index contributed by atoms with van der Waals surface area (Å²) in [5.41, 5.74) is 0. The highest BCUT2D eigenvalue weighted by molar-refractivity contribution is 6.17. The molecule has 0 amide bonds. The Labute approximate surface area is 79.4 Å². The largest absolute Gasteiger partial charge is 0.498 e. The van der Waals surface area contributed by atoms with Gasteiger partial charge in [-0.3, -0.25) is 0 Å². The van der Waals surface area contributed by atoms with E-state index in [1.165, 1.54) is 0 Å². The zero-order valence-electron chi connectivity index (χ0n) is 7.42. The van der Waals surface area contributed by atoms with Crippen molar-refractivity contribution in [3.05, 3.63) is 36.6 Å². The Balaban J connectivity index is 3.55. The molecule has 0 aromatic rings. The number of ether oxygens (including phenoxy) is 1. The molecule has 1 nitrogen and oxygen atoms in total. The number of hydrogen-bond acceptors (Lipinski definition) is 1. The molecule has 12 heavy (non-hydrogen) atoms. The summed E-state index contributed by atoms with van der Waals surface area (Å²) in [6.45, 7) is 6.17. The molecule has 2 heteroatoms. The second-order valence-corrected chi connectivity index (χ2v) is 2.67. The molecule has 0 aliphatic heterocycles. The highest BCUT2D eigenvalue weighted by Gasteiger charge is 1.87.